The third-order valence-corrected chi connectivity index (χ3v) is 10.4. The van der Waals surface area contributed by atoms with Crippen LogP contribution in [-0.4, -0.2) is 11.2 Å². The second-order valence-electron chi connectivity index (χ2n) is 12.0. The highest BCUT2D eigenvalue weighted by Crippen LogP contribution is 2.66. The van der Waals surface area contributed by atoms with Gasteiger partial charge in [-0.05, 0) is 111 Å². The van der Waals surface area contributed by atoms with E-state index in [0.29, 0.717) is 10.8 Å². The maximum atomic E-state index is 10.2. The smallest absolute Gasteiger partial charge is 0.0577 e. The van der Waals surface area contributed by atoms with E-state index in [1.807, 2.05) is 0 Å². The van der Waals surface area contributed by atoms with E-state index in [2.05, 4.69) is 52.8 Å². The normalized spacial score (nSPS) is 45.6. The Labute approximate surface area is 180 Å². The van der Waals surface area contributed by atoms with Crippen molar-refractivity contribution in [3.8, 4) is 0 Å². The second-order valence-corrected chi connectivity index (χ2v) is 12.0. The maximum Gasteiger partial charge on any atom is 0.0577 e. The Morgan fingerprint density at radius 2 is 1.90 bits per heavy atom. The third-order valence-electron chi connectivity index (χ3n) is 10.4. The van der Waals surface area contributed by atoms with Gasteiger partial charge in [0.1, 0.15) is 0 Å². The van der Waals surface area contributed by atoms with Gasteiger partial charge in [0.05, 0.1) is 6.10 Å². The molecule has 0 amide bonds. The Morgan fingerprint density at radius 1 is 1.10 bits per heavy atom. The summed E-state index contributed by atoms with van der Waals surface area (Å²) in [6.07, 6.45) is 20.4. The van der Waals surface area contributed by atoms with E-state index in [9.17, 15) is 5.11 Å². The van der Waals surface area contributed by atoms with Crippen molar-refractivity contribution < 1.29 is 5.11 Å². The van der Waals surface area contributed by atoms with Gasteiger partial charge in [-0.1, -0.05) is 58.4 Å². The van der Waals surface area contributed by atoms with Gasteiger partial charge in [0.15, 0.2) is 0 Å². The fourth-order valence-corrected chi connectivity index (χ4v) is 8.39. The molecule has 0 aromatic carbocycles. The van der Waals surface area contributed by atoms with E-state index < -0.39 is 0 Å². The van der Waals surface area contributed by atoms with Crippen LogP contribution in [0.3, 0.4) is 0 Å². The van der Waals surface area contributed by atoms with Crippen LogP contribution >= 0.6 is 0 Å². The van der Waals surface area contributed by atoms with Crippen LogP contribution in [0.4, 0.5) is 0 Å². The standard InChI is InChI=1S/C28H46O/c1-6-20(19(2)3)8-7-9-21-11-13-25-24-12-10-22-18-23(29)14-16-28(22,5)26(24)15-17-27(21,25)4/h7-8,10,19-21,23-26,29H,6,9,11-18H2,1-5H3/b8-7+. The molecular formula is C28H46O. The first-order valence-corrected chi connectivity index (χ1v) is 12.8. The molecule has 4 aliphatic carbocycles. The second kappa shape index (κ2) is 8.18. The molecule has 0 aliphatic heterocycles. The van der Waals surface area contributed by atoms with Crippen molar-refractivity contribution in [1.82, 2.24) is 0 Å². The van der Waals surface area contributed by atoms with Crippen molar-refractivity contribution in [3.63, 3.8) is 0 Å². The zero-order valence-corrected chi connectivity index (χ0v) is 19.8. The number of aliphatic hydroxyl groups is 1. The number of fused-ring (bicyclic) bond motifs is 5. The van der Waals surface area contributed by atoms with E-state index in [-0.39, 0.29) is 6.10 Å². The van der Waals surface area contributed by atoms with Crippen LogP contribution in [0.1, 0.15) is 98.8 Å². The van der Waals surface area contributed by atoms with Crippen LogP contribution in [0.2, 0.25) is 0 Å². The Kier molecular flexibility index (Phi) is 6.11. The summed E-state index contributed by atoms with van der Waals surface area (Å²) in [6, 6.07) is 0. The molecule has 0 spiro atoms. The number of allylic oxidation sites excluding steroid dienone is 3. The van der Waals surface area contributed by atoms with E-state index in [4.69, 9.17) is 0 Å². The van der Waals surface area contributed by atoms with E-state index in [0.717, 1.165) is 48.3 Å². The summed E-state index contributed by atoms with van der Waals surface area (Å²) in [5, 5.41) is 10.2. The molecule has 1 heteroatoms. The lowest BCUT2D eigenvalue weighted by Gasteiger charge is -2.58. The van der Waals surface area contributed by atoms with Gasteiger partial charge < -0.3 is 5.11 Å². The van der Waals surface area contributed by atoms with Gasteiger partial charge in [-0.2, -0.15) is 0 Å². The zero-order valence-electron chi connectivity index (χ0n) is 19.8. The minimum absolute atomic E-state index is 0.0832. The third kappa shape index (κ3) is 3.68. The first-order valence-electron chi connectivity index (χ1n) is 12.8. The Morgan fingerprint density at radius 3 is 2.62 bits per heavy atom. The zero-order chi connectivity index (χ0) is 20.8. The molecule has 0 aromatic rings. The molecule has 1 nitrogen and oxygen atoms in total. The summed E-state index contributed by atoms with van der Waals surface area (Å²) in [7, 11) is 0. The molecule has 0 heterocycles. The van der Waals surface area contributed by atoms with Crippen LogP contribution < -0.4 is 0 Å². The van der Waals surface area contributed by atoms with Crippen molar-refractivity contribution in [1.29, 1.82) is 0 Å². The van der Waals surface area contributed by atoms with Crippen molar-refractivity contribution in [2.45, 2.75) is 105 Å². The molecule has 0 saturated heterocycles. The van der Waals surface area contributed by atoms with Crippen LogP contribution in [0.5, 0.6) is 0 Å². The summed E-state index contributed by atoms with van der Waals surface area (Å²) in [6.45, 7) is 12.3. The molecule has 8 unspecified atom stereocenters. The Hall–Kier alpha value is -0.560. The molecule has 0 aromatic heterocycles. The van der Waals surface area contributed by atoms with Gasteiger partial charge >= 0.3 is 0 Å². The molecular weight excluding hydrogens is 352 g/mol. The molecule has 29 heavy (non-hydrogen) atoms. The summed E-state index contributed by atoms with van der Waals surface area (Å²) >= 11 is 0. The lowest BCUT2D eigenvalue weighted by Crippen LogP contribution is -2.50. The number of aliphatic hydroxyl groups excluding tert-OH is 1. The molecule has 0 radical (unpaired) electrons. The lowest BCUT2D eigenvalue weighted by atomic mass is 9.47. The van der Waals surface area contributed by atoms with Gasteiger partial charge in [0.2, 0.25) is 0 Å². The molecule has 0 bridgehead atoms. The molecule has 164 valence electrons. The highest BCUT2D eigenvalue weighted by molar-refractivity contribution is 5.25. The molecule has 4 aliphatic rings. The van der Waals surface area contributed by atoms with E-state index in [1.165, 1.54) is 51.4 Å². The SMILES string of the molecule is CCC(/C=C/CC1CCC2C3CC=C4CC(O)CCC4(C)C3CCC12C)C(C)C. The summed E-state index contributed by atoms with van der Waals surface area (Å²) in [5.41, 5.74) is 2.55. The lowest BCUT2D eigenvalue weighted by molar-refractivity contribution is -0.0492. The topological polar surface area (TPSA) is 20.2 Å². The van der Waals surface area contributed by atoms with Gasteiger partial charge in [-0.25, -0.2) is 0 Å². The number of rotatable bonds is 5. The van der Waals surface area contributed by atoms with Crippen molar-refractivity contribution in [2.75, 3.05) is 0 Å². The van der Waals surface area contributed by atoms with Crippen molar-refractivity contribution in [3.05, 3.63) is 23.8 Å². The first kappa shape index (κ1) is 21.7. The van der Waals surface area contributed by atoms with Gasteiger partial charge in [0.25, 0.3) is 0 Å². The molecule has 8 atom stereocenters. The quantitative estimate of drug-likeness (QED) is 0.474. The number of hydrogen-bond acceptors (Lipinski definition) is 1. The van der Waals surface area contributed by atoms with E-state index >= 15 is 0 Å². The molecule has 4 rings (SSSR count). The average molecular weight is 399 g/mol. The molecule has 3 saturated carbocycles. The Bertz CT molecular complexity index is 645. The minimum Gasteiger partial charge on any atom is -0.393 e. The van der Waals surface area contributed by atoms with E-state index in [1.54, 1.807) is 5.57 Å². The van der Waals surface area contributed by atoms with Crippen LogP contribution in [0.15, 0.2) is 23.8 Å². The fraction of sp³-hybridized carbons (Fsp3) is 0.857. The largest absolute Gasteiger partial charge is 0.393 e. The highest BCUT2D eigenvalue weighted by atomic mass is 16.3. The monoisotopic (exact) mass is 398 g/mol. The van der Waals surface area contributed by atoms with Crippen molar-refractivity contribution in [2.24, 2.45) is 46.3 Å². The first-order chi connectivity index (χ1) is 13.8. The van der Waals surface area contributed by atoms with Gasteiger partial charge in [-0.15, -0.1) is 0 Å². The fourth-order valence-electron chi connectivity index (χ4n) is 8.39. The molecule has 1 N–H and O–H groups in total. The minimum atomic E-state index is -0.0832. The van der Waals surface area contributed by atoms with Crippen LogP contribution in [-0.2, 0) is 0 Å². The highest BCUT2D eigenvalue weighted by Gasteiger charge is 2.58. The van der Waals surface area contributed by atoms with Crippen molar-refractivity contribution >= 4 is 0 Å². The molecule has 3 fully saturated rings. The predicted molar refractivity (Wildman–Crippen MR) is 124 cm³/mol. The Balaban J connectivity index is 1.48. The summed E-state index contributed by atoms with van der Waals surface area (Å²) < 4.78 is 0. The van der Waals surface area contributed by atoms with Crippen LogP contribution in [0.25, 0.3) is 0 Å². The van der Waals surface area contributed by atoms with Crippen LogP contribution in [0, 0.1) is 46.3 Å². The predicted octanol–water partition coefficient (Wildman–Crippen LogP) is 7.55. The number of hydrogen-bond donors (Lipinski definition) is 1. The maximum absolute atomic E-state index is 10.2. The van der Waals surface area contributed by atoms with Gasteiger partial charge in [0, 0.05) is 0 Å². The summed E-state index contributed by atoms with van der Waals surface area (Å²) in [4.78, 5) is 0. The van der Waals surface area contributed by atoms with Gasteiger partial charge in [-0.3, -0.25) is 0 Å². The average Bonchev–Trinajstić information content (AvgIpc) is 3.02. The summed E-state index contributed by atoms with van der Waals surface area (Å²) in [5.74, 6) is 5.09.